The molecule has 1 aliphatic rings. The Labute approximate surface area is 137 Å². The molecule has 0 aromatic carbocycles. The van der Waals surface area contributed by atoms with Gasteiger partial charge in [-0.15, -0.1) is 0 Å². The Morgan fingerprint density at radius 3 is 2.83 bits per heavy atom. The van der Waals surface area contributed by atoms with Gasteiger partial charge < -0.3 is 10.0 Å². The predicted molar refractivity (Wildman–Crippen MR) is 91.5 cm³/mol. The van der Waals surface area contributed by atoms with Crippen LogP contribution in [0.5, 0.6) is 0 Å². The van der Waals surface area contributed by atoms with E-state index in [1.807, 2.05) is 18.7 Å². The summed E-state index contributed by atoms with van der Waals surface area (Å²) in [5.41, 5.74) is 1.80. The van der Waals surface area contributed by atoms with Crippen molar-refractivity contribution in [3.63, 3.8) is 0 Å². The summed E-state index contributed by atoms with van der Waals surface area (Å²) in [6.07, 6.45) is 4.83. The van der Waals surface area contributed by atoms with Gasteiger partial charge in [-0.1, -0.05) is 13.8 Å². The van der Waals surface area contributed by atoms with Crippen molar-refractivity contribution in [1.29, 1.82) is 0 Å². The average molecular weight is 317 g/mol. The molecule has 1 unspecified atom stereocenters. The van der Waals surface area contributed by atoms with Gasteiger partial charge in [0.1, 0.15) is 12.1 Å². The van der Waals surface area contributed by atoms with Gasteiger partial charge in [-0.3, -0.25) is 4.68 Å². The summed E-state index contributed by atoms with van der Waals surface area (Å²) < 4.78 is 1.81. The van der Waals surface area contributed by atoms with Crippen LogP contribution in [0.1, 0.15) is 38.8 Å². The van der Waals surface area contributed by atoms with Crippen molar-refractivity contribution in [2.45, 2.75) is 40.0 Å². The second-order valence-corrected chi connectivity index (χ2v) is 7.39. The largest absolute Gasteiger partial charge is 0.396 e. The minimum absolute atomic E-state index is 0.0280. The van der Waals surface area contributed by atoms with Crippen LogP contribution in [0.3, 0.4) is 0 Å². The first kappa shape index (κ1) is 16.2. The van der Waals surface area contributed by atoms with Crippen molar-refractivity contribution in [3.8, 4) is 0 Å². The molecule has 3 rings (SSSR count). The Morgan fingerprint density at radius 2 is 2.13 bits per heavy atom. The third-order valence-corrected chi connectivity index (χ3v) is 4.91. The number of hydrogen-bond acceptors (Lipinski definition) is 5. The zero-order valence-electron chi connectivity index (χ0n) is 14.6. The third kappa shape index (κ3) is 2.92. The van der Waals surface area contributed by atoms with Gasteiger partial charge in [0.2, 0.25) is 0 Å². The van der Waals surface area contributed by atoms with Crippen LogP contribution in [0, 0.1) is 18.3 Å². The molecule has 1 N–H and O–H groups in total. The zero-order valence-corrected chi connectivity index (χ0v) is 14.6. The fourth-order valence-corrected chi connectivity index (χ4v) is 4.11. The highest BCUT2D eigenvalue weighted by Gasteiger charge is 2.36. The van der Waals surface area contributed by atoms with Gasteiger partial charge in [0.15, 0.2) is 5.65 Å². The minimum atomic E-state index is -0.0280. The number of piperidine rings is 1. The van der Waals surface area contributed by atoms with Gasteiger partial charge in [0.25, 0.3) is 0 Å². The summed E-state index contributed by atoms with van der Waals surface area (Å²) in [6.45, 7) is 8.52. The Morgan fingerprint density at radius 1 is 1.35 bits per heavy atom. The number of aliphatic hydroxyl groups excluding tert-OH is 1. The third-order valence-electron chi connectivity index (χ3n) is 4.91. The van der Waals surface area contributed by atoms with E-state index in [1.165, 1.54) is 0 Å². The monoisotopic (exact) mass is 317 g/mol. The smallest absolute Gasteiger partial charge is 0.163 e. The maximum absolute atomic E-state index is 10.1. The number of hydrogen-bond donors (Lipinski definition) is 1. The maximum atomic E-state index is 10.1. The number of nitrogens with zero attached hydrogens (tertiary/aromatic N) is 5. The standard InChI is InChI=1S/C17H27N5O/c1-12(2)8-17(10-23)6-5-7-22(9-17)16-14-13(3)20-21(4)15(14)18-11-19-16/h11-12,23H,5-10H2,1-4H3. The van der Waals surface area contributed by atoms with Crippen LogP contribution in [-0.2, 0) is 7.05 Å². The van der Waals surface area contributed by atoms with Crippen LogP contribution in [0.25, 0.3) is 11.0 Å². The molecule has 0 radical (unpaired) electrons. The van der Waals surface area contributed by atoms with Crippen molar-refractivity contribution >= 4 is 16.9 Å². The summed E-state index contributed by atoms with van der Waals surface area (Å²) >= 11 is 0. The summed E-state index contributed by atoms with van der Waals surface area (Å²) in [4.78, 5) is 11.3. The molecule has 0 aliphatic carbocycles. The van der Waals surface area contributed by atoms with Gasteiger partial charge in [-0.25, -0.2) is 9.97 Å². The number of aryl methyl sites for hydroxylation is 2. The van der Waals surface area contributed by atoms with E-state index < -0.39 is 0 Å². The molecule has 23 heavy (non-hydrogen) atoms. The maximum Gasteiger partial charge on any atom is 0.163 e. The van der Waals surface area contributed by atoms with Crippen LogP contribution in [-0.4, -0.2) is 44.6 Å². The van der Waals surface area contributed by atoms with E-state index >= 15 is 0 Å². The summed E-state index contributed by atoms with van der Waals surface area (Å²) in [5.74, 6) is 1.54. The van der Waals surface area contributed by atoms with Gasteiger partial charge >= 0.3 is 0 Å². The molecule has 1 atom stereocenters. The molecule has 6 heteroatoms. The molecular weight excluding hydrogens is 290 g/mol. The molecule has 2 aromatic heterocycles. The van der Waals surface area contributed by atoms with Crippen molar-refractivity contribution in [1.82, 2.24) is 19.7 Å². The number of anilines is 1. The number of fused-ring (bicyclic) bond motifs is 1. The molecule has 1 saturated heterocycles. The van der Waals surface area contributed by atoms with E-state index in [9.17, 15) is 5.11 Å². The number of aliphatic hydroxyl groups is 1. The fraction of sp³-hybridized carbons (Fsp3) is 0.706. The molecule has 0 bridgehead atoms. The minimum Gasteiger partial charge on any atom is -0.396 e. The van der Waals surface area contributed by atoms with E-state index in [4.69, 9.17) is 0 Å². The van der Waals surface area contributed by atoms with Gasteiger partial charge in [-0.2, -0.15) is 5.10 Å². The summed E-state index contributed by atoms with van der Waals surface area (Å²) in [7, 11) is 1.92. The Kier molecular flexibility index (Phi) is 4.27. The normalized spacial score (nSPS) is 22.3. The summed E-state index contributed by atoms with van der Waals surface area (Å²) in [6, 6.07) is 0. The molecule has 3 heterocycles. The lowest BCUT2D eigenvalue weighted by molar-refractivity contribution is 0.0831. The van der Waals surface area contributed by atoms with Crippen LogP contribution >= 0.6 is 0 Å². The Hall–Kier alpha value is -1.69. The lowest BCUT2D eigenvalue weighted by Crippen LogP contribution is -2.46. The first-order chi connectivity index (χ1) is 11.0. The lowest BCUT2D eigenvalue weighted by Gasteiger charge is -2.43. The van der Waals surface area contributed by atoms with Gasteiger partial charge in [0, 0.05) is 25.6 Å². The van der Waals surface area contributed by atoms with Crippen molar-refractivity contribution in [3.05, 3.63) is 12.0 Å². The summed E-state index contributed by atoms with van der Waals surface area (Å²) in [5, 5.41) is 15.6. The Bertz CT molecular complexity index is 696. The highest BCUT2D eigenvalue weighted by Crippen LogP contribution is 2.38. The molecule has 0 saturated carbocycles. The van der Waals surface area contributed by atoms with E-state index in [-0.39, 0.29) is 12.0 Å². The quantitative estimate of drug-likeness (QED) is 0.937. The highest BCUT2D eigenvalue weighted by molar-refractivity contribution is 5.89. The molecule has 6 nitrogen and oxygen atoms in total. The van der Waals surface area contributed by atoms with E-state index in [0.717, 1.165) is 54.9 Å². The van der Waals surface area contributed by atoms with E-state index in [1.54, 1.807) is 6.33 Å². The SMILES string of the molecule is Cc1nn(C)c2ncnc(N3CCCC(CO)(CC(C)C)C3)c12. The highest BCUT2D eigenvalue weighted by atomic mass is 16.3. The van der Waals surface area contributed by atoms with Crippen molar-refractivity contribution < 1.29 is 5.11 Å². The molecule has 1 fully saturated rings. The lowest BCUT2D eigenvalue weighted by atomic mass is 9.74. The molecule has 1 aliphatic heterocycles. The van der Waals surface area contributed by atoms with Crippen LogP contribution in [0.2, 0.25) is 0 Å². The fourth-order valence-electron chi connectivity index (χ4n) is 4.11. The van der Waals surface area contributed by atoms with E-state index in [2.05, 4.69) is 33.8 Å². The van der Waals surface area contributed by atoms with Crippen molar-refractivity contribution in [2.75, 3.05) is 24.6 Å². The van der Waals surface area contributed by atoms with Crippen LogP contribution in [0.15, 0.2) is 6.33 Å². The number of aromatic nitrogens is 4. The molecule has 0 spiro atoms. The second-order valence-electron chi connectivity index (χ2n) is 7.39. The average Bonchev–Trinajstić information content (AvgIpc) is 2.82. The van der Waals surface area contributed by atoms with E-state index in [0.29, 0.717) is 5.92 Å². The van der Waals surface area contributed by atoms with Crippen LogP contribution in [0.4, 0.5) is 5.82 Å². The van der Waals surface area contributed by atoms with Crippen molar-refractivity contribution in [2.24, 2.45) is 18.4 Å². The van der Waals surface area contributed by atoms with Gasteiger partial charge in [-0.05, 0) is 32.1 Å². The second kappa shape index (κ2) is 6.07. The first-order valence-corrected chi connectivity index (χ1v) is 8.46. The number of rotatable bonds is 4. The molecule has 126 valence electrons. The molecule has 0 amide bonds. The Balaban J connectivity index is 1.98. The van der Waals surface area contributed by atoms with Gasteiger partial charge in [0.05, 0.1) is 17.7 Å². The predicted octanol–water partition coefficient (Wildman–Crippen LogP) is 2.30. The first-order valence-electron chi connectivity index (χ1n) is 8.46. The molecule has 2 aromatic rings. The topological polar surface area (TPSA) is 67.1 Å². The van der Waals surface area contributed by atoms with Crippen LogP contribution < -0.4 is 4.90 Å². The molecular formula is C17H27N5O. The zero-order chi connectivity index (χ0) is 16.6.